The van der Waals surface area contributed by atoms with Crippen LogP contribution in [0.5, 0.6) is 11.5 Å². The van der Waals surface area contributed by atoms with Crippen LogP contribution in [-0.2, 0) is 5.88 Å². The maximum Gasteiger partial charge on any atom is 0.311 e. The molecule has 5 nitrogen and oxygen atoms in total. The number of benzene rings is 2. The second-order valence-corrected chi connectivity index (χ2v) is 4.17. The molecule has 0 bridgehead atoms. The van der Waals surface area contributed by atoms with Crippen LogP contribution >= 0.6 is 11.6 Å². The van der Waals surface area contributed by atoms with Crippen molar-refractivity contribution in [1.82, 2.24) is 0 Å². The Morgan fingerprint density at radius 2 is 2.00 bits per heavy atom. The van der Waals surface area contributed by atoms with Crippen LogP contribution < -0.4 is 4.74 Å². The zero-order valence-corrected chi connectivity index (χ0v) is 11.0. The van der Waals surface area contributed by atoms with Gasteiger partial charge in [0.15, 0.2) is 0 Å². The molecule has 0 aliphatic rings. The number of hydrogen-bond acceptors (Lipinski definition) is 4. The van der Waals surface area contributed by atoms with Crippen LogP contribution in [0.2, 0.25) is 0 Å². The Kier molecular flexibility index (Phi) is 4.18. The molecule has 20 heavy (non-hydrogen) atoms. The predicted molar refractivity (Wildman–Crippen MR) is 73.9 cm³/mol. The summed E-state index contributed by atoms with van der Waals surface area (Å²) in [7, 11) is 0. The Bertz CT molecular complexity index is 695. The topological polar surface area (TPSA) is 76.2 Å². The zero-order chi connectivity index (χ0) is 14.5. The molecule has 0 fully saturated rings. The number of nitrogens with zero attached hydrogens (tertiary/aromatic N) is 2. The maximum atomic E-state index is 11.1. The van der Waals surface area contributed by atoms with Crippen molar-refractivity contribution in [2.75, 3.05) is 0 Å². The largest absolute Gasteiger partial charge is 0.449 e. The molecule has 0 aromatic heterocycles. The number of hydrogen-bond donors (Lipinski definition) is 0. The van der Waals surface area contributed by atoms with Gasteiger partial charge in [0.1, 0.15) is 11.8 Å². The number of nitriles is 1. The van der Waals surface area contributed by atoms with E-state index in [4.69, 9.17) is 21.6 Å². The zero-order valence-electron chi connectivity index (χ0n) is 10.2. The SMILES string of the molecule is N#Cc1ccccc1Oc1ccc(CCl)cc1[N+](=O)[O-]. The highest BCUT2D eigenvalue weighted by Gasteiger charge is 2.17. The van der Waals surface area contributed by atoms with Crippen LogP contribution in [0.25, 0.3) is 0 Å². The first kappa shape index (κ1) is 13.8. The van der Waals surface area contributed by atoms with Crippen molar-refractivity contribution >= 4 is 17.3 Å². The van der Waals surface area contributed by atoms with E-state index in [2.05, 4.69) is 0 Å². The third-order valence-electron chi connectivity index (χ3n) is 2.60. The summed E-state index contributed by atoms with van der Waals surface area (Å²) in [6.45, 7) is 0. The number of halogens is 1. The Morgan fingerprint density at radius 1 is 1.25 bits per heavy atom. The third kappa shape index (κ3) is 2.87. The fourth-order valence-corrected chi connectivity index (χ4v) is 1.81. The molecular weight excluding hydrogens is 280 g/mol. The highest BCUT2D eigenvalue weighted by molar-refractivity contribution is 6.17. The molecule has 0 aliphatic heterocycles. The van der Waals surface area contributed by atoms with E-state index in [1.54, 1.807) is 30.3 Å². The molecule has 0 N–H and O–H groups in total. The smallest absolute Gasteiger partial charge is 0.311 e. The molecule has 2 rings (SSSR count). The summed E-state index contributed by atoms with van der Waals surface area (Å²) >= 11 is 5.66. The second kappa shape index (κ2) is 6.04. The number of nitro benzene ring substituents is 1. The van der Waals surface area contributed by atoms with E-state index in [1.165, 1.54) is 12.1 Å². The average molecular weight is 289 g/mol. The quantitative estimate of drug-likeness (QED) is 0.484. The van der Waals surface area contributed by atoms with Crippen LogP contribution in [0.4, 0.5) is 5.69 Å². The van der Waals surface area contributed by atoms with E-state index in [0.29, 0.717) is 11.1 Å². The number of nitro groups is 1. The molecule has 0 spiro atoms. The minimum Gasteiger partial charge on any atom is -0.449 e. The van der Waals surface area contributed by atoms with E-state index >= 15 is 0 Å². The lowest BCUT2D eigenvalue weighted by Crippen LogP contribution is -1.96. The minimum atomic E-state index is -0.541. The van der Waals surface area contributed by atoms with Crippen molar-refractivity contribution in [3.8, 4) is 17.6 Å². The molecule has 100 valence electrons. The van der Waals surface area contributed by atoms with Gasteiger partial charge in [-0.3, -0.25) is 10.1 Å². The molecule has 2 aromatic rings. The van der Waals surface area contributed by atoms with Gasteiger partial charge in [0.25, 0.3) is 0 Å². The molecule has 0 unspecified atom stereocenters. The lowest BCUT2D eigenvalue weighted by Gasteiger charge is -2.08. The van der Waals surface area contributed by atoms with Crippen molar-refractivity contribution in [1.29, 1.82) is 5.26 Å². The number of para-hydroxylation sites is 1. The average Bonchev–Trinajstić information content (AvgIpc) is 2.48. The summed E-state index contributed by atoms with van der Waals surface area (Å²) in [5.74, 6) is 0.527. The number of ether oxygens (including phenoxy) is 1. The molecule has 0 amide bonds. The first-order chi connectivity index (χ1) is 9.65. The maximum absolute atomic E-state index is 11.1. The first-order valence-corrected chi connectivity index (χ1v) is 6.19. The molecule has 0 aliphatic carbocycles. The van der Waals surface area contributed by atoms with Gasteiger partial charge in [-0.15, -0.1) is 11.6 Å². The Hall–Kier alpha value is -2.58. The molecule has 6 heteroatoms. The van der Waals surface area contributed by atoms with Gasteiger partial charge in [-0.05, 0) is 23.8 Å². The lowest BCUT2D eigenvalue weighted by molar-refractivity contribution is -0.385. The van der Waals surface area contributed by atoms with Crippen molar-refractivity contribution in [2.45, 2.75) is 5.88 Å². The van der Waals surface area contributed by atoms with Crippen LogP contribution in [-0.4, -0.2) is 4.92 Å². The Labute approximate surface area is 120 Å². The molecule has 2 aromatic carbocycles. The lowest BCUT2D eigenvalue weighted by atomic mass is 10.2. The summed E-state index contributed by atoms with van der Waals surface area (Å²) in [5, 5.41) is 20.0. The van der Waals surface area contributed by atoms with Crippen LogP contribution in [0.15, 0.2) is 42.5 Å². The highest BCUT2D eigenvalue weighted by atomic mass is 35.5. The summed E-state index contributed by atoms with van der Waals surface area (Å²) in [4.78, 5) is 10.5. The van der Waals surface area contributed by atoms with E-state index in [0.717, 1.165) is 0 Å². The Morgan fingerprint density at radius 3 is 2.65 bits per heavy atom. The number of alkyl halides is 1. The Balaban J connectivity index is 2.43. The molecular formula is C14H9ClN2O3. The summed E-state index contributed by atoms with van der Waals surface area (Å²) in [6.07, 6.45) is 0. The van der Waals surface area contributed by atoms with Gasteiger partial charge in [-0.2, -0.15) is 5.26 Å². The van der Waals surface area contributed by atoms with Crippen LogP contribution in [0.3, 0.4) is 0 Å². The predicted octanol–water partition coefficient (Wildman–Crippen LogP) is 4.00. The van der Waals surface area contributed by atoms with Crippen LogP contribution in [0, 0.1) is 21.4 Å². The number of rotatable bonds is 4. The van der Waals surface area contributed by atoms with E-state index < -0.39 is 4.92 Å². The summed E-state index contributed by atoms with van der Waals surface area (Å²) in [6, 6.07) is 13.0. The van der Waals surface area contributed by atoms with Gasteiger partial charge >= 0.3 is 5.69 Å². The summed E-state index contributed by atoms with van der Waals surface area (Å²) < 4.78 is 5.49. The van der Waals surface area contributed by atoms with Gasteiger partial charge in [0, 0.05) is 11.9 Å². The highest BCUT2D eigenvalue weighted by Crippen LogP contribution is 2.33. The van der Waals surface area contributed by atoms with Crippen molar-refractivity contribution < 1.29 is 9.66 Å². The van der Waals surface area contributed by atoms with Gasteiger partial charge in [0.2, 0.25) is 5.75 Å². The molecule has 0 atom stereocenters. The van der Waals surface area contributed by atoms with E-state index in [1.807, 2.05) is 6.07 Å². The van der Waals surface area contributed by atoms with Crippen molar-refractivity contribution in [3.05, 3.63) is 63.7 Å². The second-order valence-electron chi connectivity index (χ2n) is 3.90. The van der Waals surface area contributed by atoms with Crippen molar-refractivity contribution in [3.63, 3.8) is 0 Å². The van der Waals surface area contributed by atoms with Gasteiger partial charge in [-0.1, -0.05) is 18.2 Å². The van der Waals surface area contributed by atoms with Crippen LogP contribution in [0.1, 0.15) is 11.1 Å². The van der Waals surface area contributed by atoms with Gasteiger partial charge in [-0.25, -0.2) is 0 Å². The fraction of sp³-hybridized carbons (Fsp3) is 0.0714. The molecule has 0 saturated carbocycles. The molecule has 0 radical (unpaired) electrons. The first-order valence-electron chi connectivity index (χ1n) is 5.66. The minimum absolute atomic E-state index is 0.0755. The monoisotopic (exact) mass is 288 g/mol. The van der Waals surface area contributed by atoms with Crippen molar-refractivity contribution in [2.24, 2.45) is 0 Å². The normalized spacial score (nSPS) is 9.80. The fourth-order valence-electron chi connectivity index (χ4n) is 1.64. The van der Waals surface area contributed by atoms with Gasteiger partial charge in [0.05, 0.1) is 10.5 Å². The summed E-state index contributed by atoms with van der Waals surface area (Å²) in [5.41, 5.74) is 0.749. The third-order valence-corrected chi connectivity index (χ3v) is 2.91. The van der Waals surface area contributed by atoms with Gasteiger partial charge < -0.3 is 4.74 Å². The molecule has 0 heterocycles. The van der Waals surface area contributed by atoms with E-state index in [9.17, 15) is 10.1 Å². The standard InChI is InChI=1S/C14H9ClN2O3/c15-8-10-5-6-14(12(7-10)17(18)19)20-13-4-2-1-3-11(13)9-16/h1-7H,8H2. The molecule has 0 saturated heterocycles. The van der Waals surface area contributed by atoms with E-state index in [-0.39, 0.29) is 23.1 Å².